The Morgan fingerprint density at radius 1 is 1.54 bits per heavy atom. The molecule has 2 nitrogen and oxygen atoms in total. The lowest BCUT2D eigenvalue weighted by molar-refractivity contribution is 0.0900. The Bertz CT molecular complexity index is 244. The Hall–Kier alpha value is -0.600. The topological polar surface area (TPSA) is 32.8 Å². The fraction of sp³-hybridized carbons (Fsp3) is 0.636. The number of allylic oxidation sites excluding steroid dienone is 2. The molecule has 1 saturated heterocycles. The molecule has 0 amide bonds. The maximum Gasteiger partial charge on any atom is 0.143 e. The molecule has 0 spiro atoms. The molecule has 2 aliphatic rings. The Balaban J connectivity index is 1.94. The number of hydrogen-bond donors (Lipinski definition) is 1. The van der Waals surface area contributed by atoms with Crippen molar-refractivity contribution in [3.63, 3.8) is 0 Å². The molecule has 1 fully saturated rings. The molecule has 13 heavy (non-hydrogen) atoms. The van der Waals surface area contributed by atoms with Gasteiger partial charge in [0.2, 0.25) is 0 Å². The predicted molar refractivity (Wildman–Crippen MR) is 51.4 cm³/mol. The van der Waals surface area contributed by atoms with Gasteiger partial charge in [-0.1, -0.05) is 38.0 Å². The van der Waals surface area contributed by atoms with Crippen LogP contribution in [0.2, 0.25) is 0 Å². The largest absolute Gasteiger partial charge is 0.390 e. The third-order valence-corrected chi connectivity index (χ3v) is 2.82. The molecular formula is C11H16O2. The van der Waals surface area contributed by atoms with Crippen LogP contribution in [0, 0.1) is 0 Å². The second-order valence-electron chi connectivity index (χ2n) is 3.79. The number of aliphatic hydroxyl groups excluding tert-OH is 1. The van der Waals surface area contributed by atoms with Gasteiger partial charge in [-0.15, -0.1) is 0 Å². The summed E-state index contributed by atoms with van der Waals surface area (Å²) < 4.78 is 5.50. The molecule has 0 saturated carbocycles. The van der Waals surface area contributed by atoms with Crippen LogP contribution in [0.15, 0.2) is 24.3 Å². The monoisotopic (exact) mass is 180 g/mol. The van der Waals surface area contributed by atoms with E-state index in [9.17, 15) is 5.11 Å². The summed E-state index contributed by atoms with van der Waals surface area (Å²) in [5.74, 6) is 0. The fourth-order valence-electron chi connectivity index (χ4n) is 1.88. The minimum atomic E-state index is -0.357. The highest BCUT2D eigenvalue weighted by molar-refractivity contribution is 5.33. The van der Waals surface area contributed by atoms with Crippen LogP contribution in [0.4, 0.5) is 0 Å². The summed E-state index contributed by atoms with van der Waals surface area (Å²) in [6.45, 7) is 2.13. The van der Waals surface area contributed by atoms with Gasteiger partial charge in [-0.2, -0.15) is 0 Å². The third-order valence-electron chi connectivity index (χ3n) is 2.82. The average molecular weight is 180 g/mol. The van der Waals surface area contributed by atoms with E-state index in [4.69, 9.17) is 4.74 Å². The van der Waals surface area contributed by atoms with Crippen LogP contribution in [0.25, 0.3) is 0 Å². The van der Waals surface area contributed by atoms with Gasteiger partial charge < -0.3 is 9.84 Å². The lowest BCUT2D eigenvalue weighted by atomic mass is 9.91. The van der Waals surface area contributed by atoms with Gasteiger partial charge in [-0.05, 0) is 12.5 Å². The highest BCUT2D eigenvalue weighted by Crippen LogP contribution is 2.45. The number of unbranched alkanes of at least 4 members (excludes halogenated alkanes) is 1. The van der Waals surface area contributed by atoms with Gasteiger partial charge in [0.05, 0.1) is 6.10 Å². The van der Waals surface area contributed by atoms with E-state index in [1.165, 1.54) is 0 Å². The van der Waals surface area contributed by atoms with Crippen LogP contribution in [-0.4, -0.2) is 22.9 Å². The molecule has 1 aliphatic heterocycles. The minimum Gasteiger partial charge on any atom is -0.390 e. The summed E-state index contributed by atoms with van der Waals surface area (Å²) in [7, 11) is 0. The second kappa shape index (κ2) is 3.28. The van der Waals surface area contributed by atoms with E-state index >= 15 is 0 Å². The zero-order chi connectivity index (χ0) is 9.31. The van der Waals surface area contributed by atoms with Crippen LogP contribution in [0.1, 0.15) is 26.2 Å². The van der Waals surface area contributed by atoms with Crippen molar-refractivity contribution in [2.45, 2.75) is 44.0 Å². The van der Waals surface area contributed by atoms with E-state index in [1.807, 2.05) is 24.3 Å². The van der Waals surface area contributed by atoms with Crippen molar-refractivity contribution in [3.05, 3.63) is 24.3 Å². The van der Waals surface area contributed by atoms with E-state index in [0.29, 0.717) is 0 Å². The summed E-state index contributed by atoms with van der Waals surface area (Å²) in [6.07, 6.45) is 10.7. The van der Waals surface area contributed by atoms with Crippen molar-refractivity contribution in [2.24, 2.45) is 0 Å². The van der Waals surface area contributed by atoms with Crippen molar-refractivity contribution < 1.29 is 9.84 Å². The highest BCUT2D eigenvalue weighted by atomic mass is 16.6. The Morgan fingerprint density at radius 2 is 2.38 bits per heavy atom. The third kappa shape index (κ3) is 1.45. The number of aliphatic hydroxyl groups is 1. The van der Waals surface area contributed by atoms with Crippen molar-refractivity contribution in [1.82, 2.24) is 0 Å². The van der Waals surface area contributed by atoms with Crippen molar-refractivity contribution in [3.8, 4) is 0 Å². The lowest BCUT2D eigenvalue weighted by Gasteiger charge is -2.16. The van der Waals surface area contributed by atoms with Crippen molar-refractivity contribution in [2.75, 3.05) is 0 Å². The van der Waals surface area contributed by atoms with Crippen LogP contribution >= 0.6 is 0 Å². The van der Waals surface area contributed by atoms with Crippen LogP contribution in [0.3, 0.4) is 0 Å². The molecular weight excluding hydrogens is 164 g/mol. The standard InChI is InChI=1S/C11H16O2/c1-2-3-6-9(12)11-8-5-4-7-10(11)13-11/h4-5,7-10,12H,2-3,6H2,1H3. The molecule has 3 unspecified atom stereocenters. The van der Waals surface area contributed by atoms with Crippen LogP contribution in [-0.2, 0) is 4.74 Å². The average Bonchev–Trinajstić information content (AvgIpc) is 2.89. The Labute approximate surface area is 78.9 Å². The first-order valence-corrected chi connectivity index (χ1v) is 5.01. The fourth-order valence-corrected chi connectivity index (χ4v) is 1.88. The van der Waals surface area contributed by atoms with E-state index in [-0.39, 0.29) is 17.8 Å². The lowest BCUT2D eigenvalue weighted by Crippen LogP contribution is -2.30. The van der Waals surface area contributed by atoms with Crippen molar-refractivity contribution in [1.29, 1.82) is 0 Å². The SMILES string of the molecule is CCCCC(O)C12C=CC=CC1O2. The number of epoxide rings is 1. The highest BCUT2D eigenvalue weighted by Gasteiger charge is 2.58. The van der Waals surface area contributed by atoms with Gasteiger partial charge in [0, 0.05) is 0 Å². The van der Waals surface area contributed by atoms with E-state index < -0.39 is 0 Å². The van der Waals surface area contributed by atoms with E-state index in [2.05, 4.69) is 6.92 Å². The summed E-state index contributed by atoms with van der Waals surface area (Å²) in [4.78, 5) is 0. The minimum absolute atomic E-state index is 0.129. The van der Waals surface area contributed by atoms with Gasteiger partial charge in [-0.3, -0.25) is 0 Å². The Morgan fingerprint density at radius 3 is 3.08 bits per heavy atom. The summed E-state index contributed by atoms with van der Waals surface area (Å²) in [5.41, 5.74) is -0.357. The second-order valence-corrected chi connectivity index (χ2v) is 3.79. The first-order chi connectivity index (χ1) is 6.29. The number of hydrogen-bond acceptors (Lipinski definition) is 2. The van der Waals surface area contributed by atoms with E-state index in [1.54, 1.807) is 0 Å². The summed E-state index contributed by atoms with van der Waals surface area (Å²) >= 11 is 0. The maximum absolute atomic E-state index is 9.90. The number of ether oxygens (including phenoxy) is 1. The molecule has 3 atom stereocenters. The molecule has 0 bridgehead atoms. The van der Waals surface area contributed by atoms with Gasteiger partial charge in [0.25, 0.3) is 0 Å². The smallest absolute Gasteiger partial charge is 0.143 e. The van der Waals surface area contributed by atoms with Gasteiger partial charge >= 0.3 is 0 Å². The zero-order valence-electron chi connectivity index (χ0n) is 7.94. The van der Waals surface area contributed by atoms with Crippen molar-refractivity contribution >= 4 is 0 Å². The predicted octanol–water partition coefficient (Wildman–Crippen LogP) is 1.80. The van der Waals surface area contributed by atoms with Crippen LogP contribution in [0.5, 0.6) is 0 Å². The number of fused-ring (bicyclic) bond motifs is 1. The first-order valence-electron chi connectivity index (χ1n) is 5.01. The van der Waals surface area contributed by atoms with E-state index in [0.717, 1.165) is 19.3 Å². The normalized spacial score (nSPS) is 37.2. The van der Waals surface area contributed by atoms with Gasteiger partial charge in [0.15, 0.2) is 0 Å². The molecule has 1 aliphatic carbocycles. The summed E-state index contributed by atoms with van der Waals surface area (Å²) in [5, 5.41) is 9.90. The molecule has 1 N–H and O–H groups in total. The Kier molecular flexibility index (Phi) is 2.26. The molecule has 1 heterocycles. The molecule has 0 aromatic heterocycles. The molecule has 72 valence electrons. The quantitative estimate of drug-likeness (QED) is 0.669. The molecule has 0 aromatic carbocycles. The molecule has 2 rings (SSSR count). The van der Waals surface area contributed by atoms with Gasteiger partial charge in [0.1, 0.15) is 11.7 Å². The molecule has 0 aromatic rings. The van der Waals surface area contributed by atoms with Gasteiger partial charge in [-0.25, -0.2) is 0 Å². The molecule has 0 radical (unpaired) electrons. The first kappa shape index (κ1) is 8.97. The zero-order valence-corrected chi connectivity index (χ0v) is 7.94. The summed E-state index contributed by atoms with van der Waals surface area (Å²) in [6, 6.07) is 0. The molecule has 2 heteroatoms. The van der Waals surface area contributed by atoms with Crippen LogP contribution < -0.4 is 0 Å². The maximum atomic E-state index is 9.90. The number of rotatable bonds is 4.